The Kier molecular flexibility index (Phi) is 5.17. The molecule has 2 aliphatic rings. The van der Waals surface area contributed by atoms with Crippen molar-refractivity contribution in [1.29, 1.82) is 0 Å². The predicted octanol–water partition coefficient (Wildman–Crippen LogP) is 0.466. The van der Waals surface area contributed by atoms with Crippen LogP contribution in [0, 0.1) is 0 Å². The van der Waals surface area contributed by atoms with E-state index in [0.717, 1.165) is 45.6 Å². The van der Waals surface area contributed by atoms with E-state index in [1.807, 2.05) is 29.0 Å². The average Bonchev–Trinajstić information content (AvgIpc) is 3.17. The summed E-state index contributed by atoms with van der Waals surface area (Å²) >= 11 is 0. The minimum atomic E-state index is -0.407. The second-order valence-electron chi connectivity index (χ2n) is 6.47. The highest BCUT2D eigenvalue weighted by atomic mass is 16.3. The number of amides is 2. The smallest absolute Gasteiger partial charge is 0.320 e. The van der Waals surface area contributed by atoms with Gasteiger partial charge in [0, 0.05) is 57.7 Å². The molecule has 2 amide bonds. The Hall–Kier alpha value is -1.60. The molecule has 128 valence electrons. The Morgan fingerprint density at radius 3 is 2.65 bits per heavy atom. The molecule has 7 nitrogen and oxygen atoms in total. The van der Waals surface area contributed by atoms with E-state index in [9.17, 15) is 9.90 Å². The average molecular weight is 321 g/mol. The van der Waals surface area contributed by atoms with Gasteiger partial charge in [-0.1, -0.05) is 0 Å². The van der Waals surface area contributed by atoms with Crippen molar-refractivity contribution >= 4 is 6.03 Å². The van der Waals surface area contributed by atoms with Crippen molar-refractivity contribution in [1.82, 2.24) is 24.5 Å². The van der Waals surface area contributed by atoms with Gasteiger partial charge >= 0.3 is 6.03 Å². The Morgan fingerprint density at radius 2 is 2.04 bits per heavy atom. The van der Waals surface area contributed by atoms with Crippen molar-refractivity contribution in [3.63, 3.8) is 0 Å². The molecule has 0 saturated carbocycles. The summed E-state index contributed by atoms with van der Waals surface area (Å²) in [4.78, 5) is 18.5. The third-order valence-electron chi connectivity index (χ3n) is 4.93. The lowest BCUT2D eigenvalue weighted by Crippen LogP contribution is -2.48. The second-order valence-corrected chi connectivity index (χ2v) is 6.47. The van der Waals surface area contributed by atoms with E-state index in [-0.39, 0.29) is 6.03 Å². The van der Waals surface area contributed by atoms with Gasteiger partial charge in [-0.2, -0.15) is 5.10 Å². The molecule has 0 unspecified atom stereocenters. The zero-order valence-corrected chi connectivity index (χ0v) is 13.8. The number of aromatic nitrogens is 2. The summed E-state index contributed by atoms with van der Waals surface area (Å²) in [6.07, 6.45) is 5.18. The van der Waals surface area contributed by atoms with Crippen LogP contribution < -0.4 is 0 Å². The minimum absolute atomic E-state index is 0.199. The van der Waals surface area contributed by atoms with Crippen LogP contribution in [-0.2, 0) is 6.54 Å². The van der Waals surface area contributed by atoms with Crippen LogP contribution in [0.5, 0.6) is 0 Å². The zero-order chi connectivity index (χ0) is 16.2. The van der Waals surface area contributed by atoms with E-state index in [4.69, 9.17) is 0 Å². The number of nitrogens with zero attached hydrogens (tertiary/aromatic N) is 5. The van der Waals surface area contributed by atoms with Gasteiger partial charge in [0.1, 0.15) is 0 Å². The quantitative estimate of drug-likeness (QED) is 0.827. The van der Waals surface area contributed by atoms with Gasteiger partial charge in [-0.15, -0.1) is 0 Å². The van der Waals surface area contributed by atoms with E-state index < -0.39 is 6.10 Å². The SMILES string of the molecule is CCN1CCN(C2CCN(C[C@@H](O)Cn3cccn3)CC2)C1=O. The van der Waals surface area contributed by atoms with Gasteiger partial charge in [-0.3, -0.25) is 4.68 Å². The number of likely N-dealkylation sites (N-methyl/N-ethyl adjacent to an activating group) is 1. The van der Waals surface area contributed by atoms with E-state index >= 15 is 0 Å². The van der Waals surface area contributed by atoms with Crippen molar-refractivity contribution in [2.45, 2.75) is 38.5 Å². The number of hydrogen-bond acceptors (Lipinski definition) is 4. The van der Waals surface area contributed by atoms with Crippen LogP contribution >= 0.6 is 0 Å². The number of β-amino-alcohol motifs (C(OH)–C–C–N with tert-alkyl or cyclic N) is 1. The van der Waals surface area contributed by atoms with E-state index in [1.165, 1.54) is 0 Å². The molecule has 2 fully saturated rings. The molecule has 23 heavy (non-hydrogen) atoms. The molecule has 1 atom stereocenters. The Labute approximate surface area is 137 Å². The monoisotopic (exact) mass is 321 g/mol. The molecule has 1 aromatic rings. The number of carbonyl (C=O) groups excluding carboxylic acids is 1. The fourth-order valence-corrected chi connectivity index (χ4v) is 3.63. The maximum atomic E-state index is 12.3. The first-order chi connectivity index (χ1) is 11.2. The highest BCUT2D eigenvalue weighted by Gasteiger charge is 2.34. The first-order valence-electron chi connectivity index (χ1n) is 8.60. The lowest BCUT2D eigenvalue weighted by Gasteiger charge is -2.37. The molecule has 0 aromatic carbocycles. The van der Waals surface area contributed by atoms with Gasteiger partial charge < -0.3 is 19.8 Å². The maximum absolute atomic E-state index is 12.3. The van der Waals surface area contributed by atoms with Crippen molar-refractivity contribution in [3.8, 4) is 0 Å². The molecule has 2 saturated heterocycles. The molecular weight excluding hydrogens is 294 g/mol. The largest absolute Gasteiger partial charge is 0.390 e. The van der Waals surface area contributed by atoms with Crippen LogP contribution in [-0.4, -0.2) is 87.0 Å². The molecule has 1 aromatic heterocycles. The molecule has 0 radical (unpaired) electrons. The Balaban J connectivity index is 1.43. The second kappa shape index (κ2) is 7.31. The highest BCUT2D eigenvalue weighted by molar-refractivity contribution is 5.76. The summed E-state index contributed by atoms with van der Waals surface area (Å²) in [7, 11) is 0. The van der Waals surface area contributed by atoms with Gasteiger partial charge in [-0.25, -0.2) is 4.79 Å². The summed E-state index contributed by atoms with van der Waals surface area (Å²) in [6, 6.07) is 2.42. The van der Waals surface area contributed by atoms with Gasteiger partial charge in [0.2, 0.25) is 0 Å². The lowest BCUT2D eigenvalue weighted by molar-refractivity contribution is 0.0680. The third-order valence-corrected chi connectivity index (χ3v) is 4.93. The standard InChI is InChI=1S/C16H27N5O2/c1-2-19-10-11-21(16(19)23)14-4-8-18(9-5-14)12-15(22)13-20-7-3-6-17-20/h3,6-7,14-15,22H,2,4-5,8-13H2,1H3/t15-/m1/s1. The normalized spacial score (nSPS) is 22.1. The summed E-state index contributed by atoms with van der Waals surface area (Å²) in [5.74, 6) is 0. The summed E-state index contributed by atoms with van der Waals surface area (Å²) in [5, 5.41) is 14.3. The summed E-state index contributed by atoms with van der Waals surface area (Å²) < 4.78 is 1.76. The Morgan fingerprint density at radius 1 is 1.26 bits per heavy atom. The summed E-state index contributed by atoms with van der Waals surface area (Å²) in [6.45, 7) is 7.63. The van der Waals surface area contributed by atoms with Crippen LogP contribution in [0.2, 0.25) is 0 Å². The topological polar surface area (TPSA) is 64.8 Å². The van der Waals surface area contributed by atoms with Crippen molar-refractivity contribution in [2.24, 2.45) is 0 Å². The van der Waals surface area contributed by atoms with Crippen molar-refractivity contribution < 1.29 is 9.90 Å². The maximum Gasteiger partial charge on any atom is 0.320 e. The molecule has 3 rings (SSSR count). The first kappa shape index (κ1) is 16.3. The molecule has 2 aliphatic heterocycles. The molecule has 1 N–H and O–H groups in total. The fraction of sp³-hybridized carbons (Fsp3) is 0.750. The van der Waals surface area contributed by atoms with Crippen LogP contribution in [0.15, 0.2) is 18.5 Å². The van der Waals surface area contributed by atoms with Crippen LogP contribution in [0.4, 0.5) is 4.79 Å². The molecular formula is C16H27N5O2. The molecule has 0 aliphatic carbocycles. The number of aliphatic hydroxyl groups is 1. The van der Waals surface area contributed by atoms with Crippen LogP contribution in [0.1, 0.15) is 19.8 Å². The molecule has 7 heteroatoms. The number of carbonyl (C=O) groups is 1. The van der Waals surface area contributed by atoms with Crippen LogP contribution in [0.3, 0.4) is 0 Å². The van der Waals surface area contributed by atoms with Gasteiger partial charge in [0.15, 0.2) is 0 Å². The molecule has 0 bridgehead atoms. The Bertz CT molecular complexity index is 499. The number of aliphatic hydroxyl groups excluding tert-OH is 1. The fourth-order valence-electron chi connectivity index (χ4n) is 3.63. The number of rotatable bonds is 6. The first-order valence-corrected chi connectivity index (χ1v) is 8.60. The highest BCUT2D eigenvalue weighted by Crippen LogP contribution is 2.21. The third kappa shape index (κ3) is 3.84. The van der Waals surface area contributed by atoms with Gasteiger partial charge in [0.05, 0.1) is 12.6 Å². The summed E-state index contributed by atoms with van der Waals surface area (Å²) in [5.41, 5.74) is 0. The number of urea groups is 1. The number of piperidine rings is 1. The van der Waals surface area contributed by atoms with E-state index in [0.29, 0.717) is 19.1 Å². The van der Waals surface area contributed by atoms with E-state index in [1.54, 1.807) is 10.9 Å². The zero-order valence-electron chi connectivity index (χ0n) is 13.8. The van der Waals surface area contributed by atoms with Gasteiger partial charge in [-0.05, 0) is 25.8 Å². The minimum Gasteiger partial charge on any atom is -0.390 e. The molecule has 0 spiro atoms. The predicted molar refractivity (Wildman–Crippen MR) is 87.0 cm³/mol. The van der Waals surface area contributed by atoms with Gasteiger partial charge in [0.25, 0.3) is 0 Å². The van der Waals surface area contributed by atoms with Crippen molar-refractivity contribution in [3.05, 3.63) is 18.5 Å². The number of hydrogen-bond donors (Lipinski definition) is 1. The number of likely N-dealkylation sites (tertiary alicyclic amines) is 1. The van der Waals surface area contributed by atoms with Crippen molar-refractivity contribution in [2.75, 3.05) is 39.3 Å². The molecule has 3 heterocycles. The van der Waals surface area contributed by atoms with Crippen LogP contribution in [0.25, 0.3) is 0 Å². The lowest BCUT2D eigenvalue weighted by atomic mass is 10.0. The van der Waals surface area contributed by atoms with E-state index in [2.05, 4.69) is 10.00 Å².